The molecule has 2 unspecified atom stereocenters. The molecule has 11 nitrogen and oxygen atoms in total. The van der Waals surface area contributed by atoms with Crippen LogP contribution >= 0.6 is 33.2 Å². The lowest BCUT2D eigenvalue weighted by atomic mass is 9.82. The summed E-state index contributed by atoms with van der Waals surface area (Å²) in [5.41, 5.74) is 0.555. The zero-order valence-corrected chi connectivity index (χ0v) is 35.8. The highest BCUT2D eigenvalue weighted by atomic mass is 35.5. The van der Waals surface area contributed by atoms with Crippen molar-refractivity contribution < 1.29 is 38.5 Å². The van der Waals surface area contributed by atoms with Crippen LogP contribution in [0.15, 0.2) is 35.9 Å². The SMILES string of the molecule is CSSC(CCC(=O)N(C)[C@@H](C)C(=O)OC1CC(=O)N(C)c2cc(cc(C)c2Cl)C/C(C)=C/C=C/[C@@H](C)[C@@]2(O)C[C@H](OC(=O)N2)[C@@H](C)[C@@H]2O[C@@]12C)C(C)C. The maximum atomic E-state index is 14.2. The highest BCUT2D eigenvalue weighted by molar-refractivity contribution is 8.76. The molecule has 2 N–H and O–H groups in total. The summed E-state index contributed by atoms with van der Waals surface area (Å²) in [5, 5.41) is 15.0. The van der Waals surface area contributed by atoms with Crippen LogP contribution in [0, 0.1) is 24.7 Å². The summed E-state index contributed by atoms with van der Waals surface area (Å²) in [4.78, 5) is 57.0. The van der Waals surface area contributed by atoms with Gasteiger partial charge in [-0.15, -0.1) is 0 Å². The number of aryl methyl sites for hydroxylation is 1. The van der Waals surface area contributed by atoms with E-state index in [1.54, 1.807) is 49.5 Å². The van der Waals surface area contributed by atoms with Gasteiger partial charge in [0.1, 0.15) is 29.6 Å². The number of carbonyl (C=O) groups is 4. The third kappa shape index (κ3) is 10.2. The van der Waals surface area contributed by atoms with E-state index in [4.69, 9.17) is 25.8 Å². The van der Waals surface area contributed by atoms with Crippen LogP contribution in [-0.4, -0.2) is 95.2 Å². The number of hydrogen-bond donors (Lipinski definition) is 2. The first kappa shape index (κ1) is 44.0. The Balaban J connectivity index is 1.67. The van der Waals surface area contributed by atoms with Crippen molar-refractivity contribution in [2.24, 2.45) is 17.8 Å². The maximum Gasteiger partial charge on any atom is 0.409 e. The summed E-state index contributed by atoms with van der Waals surface area (Å²) in [6, 6.07) is 2.93. The highest BCUT2D eigenvalue weighted by Crippen LogP contribution is 2.49. The Labute approximate surface area is 333 Å². The average molecular weight is 809 g/mol. The number of aliphatic hydroxyl groups is 1. The number of carbonyl (C=O) groups excluding carboxylic acids is 4. The van der Waals surface area contributed by atoms with Gasteiger partial charge in [0.25, 0.3) is 0 Å². The van der Waals surface area contributed by atoms with E-state index in [0.717, 1.165) is 16.7 Å². The molecule has 1 aromatic carbocycles. The van der Waals surface area contributed by atoms with Crippen molar-refractivity contribution in [2.45, 2.75) is 128 Å². The molecule has 3 amide bonds. The lowest BCUT2D eigenvalue weighted by molar-refractivity contribution is -0.162. The van der Waals surface area contributed by atoms with Gasteiger partial charge >= 0.3 is 12.1 Å². The molecule has 3 aliphatic rings. The predicted octanol–water partition coefficient (Wildman–Crippen LogP) is 7.25. The molecule has 300 valence electrons. The molecule has 4 bridgehead atoms. The molecule has 3 heterocycles. The molecule has 0 aliphatic carbocycles. The smallest absolute Gasteiger partial charge is 0.409 e. The van der Waals surface area contributed by atoms with Crippen molar-refractivity contribution in [2.75, 3.05) is 25.3 Å². The average Bonchev–Trinajstić information content (AvgIpc) is 3.80. The third-order valence-electron chi connectivity index (χ3n) is 11.3. The largest absolute Gasteiger partial charge is 0.457 e. The molecular formula is C40H58ClN3O8S2. The zero-order chi connectivity index (χ0) is 40.3. The second-order valence-corrected chi connectivity index (χ2v) is 18.8. The summed E-state index contributed by atoms with van der Waals surface area (Å²) in [6.45, 7) is 15.2. The number of amides is 3. The topological polar surface area (TPSA) is 138 Å². The second-order valence-electron chi connectivity index (χ2n) is 15.7. The first-order valence-electron chi connectivity index (χ1n) is 18.7. The van der Waals surface area contributed by atoms with E-state index in [2.05, 4.69) is 19.2 Å². The molecule has 2 saturated heterocycles. The minimum Gasteiger partial charge on any atom is -0.457 e. The molecule has 54 heavy (non-hydrogen) atoms. The fraction of sp³-hybridized carbons (Fsp3) is 0.650. The van der Waals surface area contributed by atoms with Crippen LogP contribution in [0.5, 0.6) is 0 Å². The van der Waals surface area contributed by atoms with Gasteiger partial charge in [0.05, 0.1) is 23.2 Å². The van der Waals surface area contributed by atoms with Crippen LogP contribution in [0.25, 0.3) is 0 Å². The van der Waals surface area contributed by atoms with Crippen molar-refractivity contribution in [3.63, 3.8) is 0 Å². The van der Waals surface area contributed by atoms with Crippen molar-refractivity contribution in [3.8, 4) is 0 Å². The summed E-state index contributed by atoms with van der Waals surface area (Å²) in [6.07, 6.45) is 5.88. The van der Waals surface area contributed by atoms with Gasteiger partial charge in [0.2, 0.25) is 11.8 Å². The zero-order valence-electron chi connectivity index (χ0n) is 33.4. The van der Waals surface area contributed by atoms with Crippen LogP contribution in [-0.2, 0) is 35.0 Å². The molecule has 9 atom stereocenters. The molecule has 3 aliphatic heterocycles. The van der Waals surface area contributed by atoms with Gasteiger partial charge in [0, 0.05) is 44.0 Å². The molecule has 1 aromatic rings. The highest BCUT2D eigenvalue weighted by Gasteiger charge is 2.64. The van der Waals surface area contributed by atoms with Gasteiger partial charge in [-0.3, -0.25) is 14.9 Å². The Morgan fingerprint density at radius 3 is 2.54 bits per heavy atom. The first-order valence-corrected chi connectivity index (χ1v) is 21.7. The molecular weight excluding hydrogens is 750 g/mol. The predicted molar refractivity (Wildman–Crippen MR) is 216 cm³/mol. The number of rotatable bonds is 9. The van der Waals surface area contributed by atoms with Crippen LogP contribution in [0.1, 0.15) is 85.3 Å². The van der Waals surface area contributed by atoms with Crippen LogP contribution in [0.4, 0.5) is 10.5 Å². The number of alkyl carbamates (subject to hydrolysis) is 1. The Bertz CT molecular complexity index is 1640. The quantitative estimate of drug-likeness (QED) is 0.149. The minimum atomic E-state index is -1.59. The van der Waals surface area contributed by atoms with E-state index in [0.29, 0.717) is 34.7 Å². The number of ether oxygens (including phenoxy) is 3. The van der Waals surface area contributed by atoms with E-state index in [-0.39, 0.29) is 31.1 Å². The Kier molecular flexibility index (Phi) is 14.7. The number of esters is 1. The maximum absolute atomic E-state index is 14.2. The summed E-state index contributed by atoms with van der Waals surface area (Å²) in [7, 11) is 6.64. The molecule has 4 rings (SSSR count). The van der Waals surface area contributed by atoms with Gasteiger partial charge in [-0.2, -0.15) is 0 Å². The molecule has 0 aromatic heterocycles. The van der Waals surface area contributed by atoms with Crippen molar-refractivity contribution in [3.05, 3.63) is 52.1 Å². The number of allylic oxidation sites excluding steroid dienone is 3. The van der Waals surface area contributed by atoms with Crippen molar-refractivity contribution in [1.82, 2.24) is 10.2 Å². The van der Waals surface area contributed by atoms with E-state index in [9.17, 15) is 24.3 Å². The van der Waals surface area contributed by atoms with Crippen LogP contribution < -0.4 is 10.2 Å². The fourth-order valence-corrected chi connectivity index (χ4v) is 9.83. The number of nitrogens with one attached hydrogen (secondary N) is 1. The van der Waals surface area contributed by atoms with Crippen molar-refractivity contribution >= 4 is 62.8 Å². The van der Waals surface area contributed by atoms with Gasteiger partial charge in [-0.1, -0.05) is 90.8 Å². The summed E-state index contributed by atoms with van der Waals surface area (Å²) in [5.74, 6) is -1.74. The standard InChI is InChI=1S/C40H58ClN3O8S2/c1-22(2)31(54-53-11)15-16-33(45)43(9)27(7)37(47)51-32-20-34(46)44(10)29-19-28(18-24(4)35(29)41)17-23(3)13-12-14-25(5)40(49)21-30(50-38(48)42-40)26(6)36-39(32,8)52-36/h12-14,18-19,22,25-27,30-32,36,49H,15-17,20-21H2,1-11H3,(H,42,48)/b14-12+,23-13+/t25-,26-,27+,30+,31?,32?,36+,39+,40+/m1/s1. The number of anilines is 1. The minimum absolute atomic E-state index is 0.0802. The fourth-order valence-electron chi connectivity index (χ4n) is 7.22. The second kappa shape index (κ2) is 18.0. The summed E-state index contributed by atoms with van der Waals surface area (Å²) < 4.78 is 18.2. The lowest BCUT2D eigenvalue weighted by Crippen LogP contribution is -2.60. The van der Waals surface area contributed by atoms with Gasteiger partial charge < -0.3 is 29.1 Å². The number of benzene rings is 1. The van der Waals surface area contributed by atoms with Gasteiger partial charge in [-0.25, -0.2) is 9.59 Å². The van der Waals surface area contributed by atoms with Crippen molar-refractivity contribution in [1.29, 1.82) is 0 Å². The number of hydrogen-bond acceptors (Lipinski definition) is 10. The third-order valence-corrected chi connectivity index (χ3v) is 14.3. The molecule has 14 heteroatoms. The van der Waals surface area contributed by atoms with E-state index < -0.39 is 59.6 Å². The monoisotopic (exact) mass is 807 g/mol. The van der Waals surface area contributed by atoms with E-state index in [1.165, 1.54) is 9.80 Å². The number of nitrogens with zero attached hydrogens (tertiary/aromatic N) is 2. The Morgan fingerprint density at radius 2 is 1.89 bits per heavy atom. The van der Waals surface area contributed by atoms with Crippen LogP contribution in [0.2, 0.25) is 5.02 Å². The van der Waals surface area contributed by atoms with Gasteiger partial charge in [0.15, 0.2) is 0 Å². The number of halogens is 1. The Hall–Kier alpha value is -2.71. The lowest BCUT2D eigenvalue weighted by Gasteiger charge is -2.41. The van der Waals surface area contributed by atoms with E-state index in [1.807, 2.05) is 64.3 Å². The first-order chi connectivity index (χ1) is 25.2. The number of fused-ring (bicyclic) bond motifs is 5. The number of likely N-dealkylation sites (N-methyl/N-ethyl adjacent to an activating group) is 1. The molecule has 2 fully saturated rings. The molecule has 0 spiro atoms. The number of epoxide rings is 1. The molecule has 0 radical (unpaired) electrons. The summed E-state index contributed by atoms with van der Waals surface area (Å²) >= 11 is 6.79. The van der Waals surface area contributed by atoms with Gasteiger partial charge in [-0.05, 0) is 69.9 Å². The van der Waals surface area contributed by atoms with Crippen LogP contribution in [0.3, 0.4) is 0 Å². The normalized spacial score (nSPS) is 31.6. The van der Waals surface area contributed by atoms with E-state index >= 15 is 0 Å². The Morgan fingerprint density at radius 1 is 1.20 bits per heavy atom. The molecule has 0 saturated carbocycles.